The number of aliphatic imine (C=N–C) groups is 1. The number of isothiocyanates is 1. The van der Waals surface area contributed by atoms with Gasteiger partial charge in [0.25, 0.3) is 0 Å². The normalized spacial score (nSPS) is 12.7. The highest BCUT2D eigenvalue weighted by atomic mass is 32.1. The van der Waals surface area contributed by atoms with Crippen molar-refractivity contribution in [1.29, 1.82) is 0 Å². The maximum Gasteiger partial charge on any atom is 0.390 e. The Morgan fingerprint density at radius 3 is 2.52 bits per heavy atom. The zero-order valence-electron chi connectivity index (χ0n) is 15.0. The fourth-order valence-electron chi connectivity index (χ4n) is 3.59. The average Bonchev–Trinajstić information content (AvgIpc) is 3.34. The van der Waals surface area contributed by atoms with Crippen molar-refractivity contribution in [1.82, 2.24) is 4.98 Å². The first-order valence-corrected chi connectivity index (χ1v) is 10.1. The number of hydrogen-bond acceptors (Lipinski definition) is 3. The Bertz CT molecular complexity index is 1170. The second-order valence-corrected chi connectivity index (χ2v) is 7.76. The van der Waals surface area contributed by atoms with Crippen molar-refractivity contribution in [3.8, 4) is 11.3 Å². The number of thiophene rings is 1. The number of aromatic nitrogens is 1. The van der Waals surface area contributed by atoms with E-state index < -0.39 is 18.5 Å². The molecule has 0 aliphatic rings. The van der Waals surface area contributed by atoms with Crippen LogP contribution in [0.4, 0.5) is 18.9 Å². The molecule has 0 amide bonds. The Balaban J connectivity index is 2.00. The molecule has 0 fully saturated rings. The molecule has 2 aromatic carbocycles. The molecule has 2 aromatic heterocycles. The number of halogens is 3. The second kappa shape index (κ2) is 7.95. The van der Waals surface area contributed by atoms with Crippen molar-refractivity contribution in [2.45, 2.75) is 18.5 Å². The van der Waals surface area contributed by atoms with Crippen LogP contribution in [0.3, 0.4) is 0 Å². The van der Waals surface area contributed by atoms with Gasteiger partial charge in [0.2, 0.25) is 0 Å². The quantitative estimate of drug-likeness (QED) is 0.256. The summed E-state index contributed by atoms with van der Waals surface area (Å²) in [5, 5.41) is 4.88. The first-order chi connectivity index (χ1) is 14.0. The highest BCUT2D eigenvalue weighted by Gasteiger charge is 2.36. The topological polar surface area (TPSA) is 28.1 Å². The lowest BCUT2D eigenvalue weighted by molar-refractivity contribution is -0.136. The number of hydrogen-bond donors (Lipinski definition) is 1. The summed E-state index contributed by atoms with van der Waals surface area (Å²) in [5.41, 5.74) is 3.48. The van der Waals surface area contributed by atoms with E-state index in [1.54, 1.807) is 30.3 Å². The number of thiocarbonyl (C=S) groups is 1. The van der Waals surface area contributed by atoms with Gasteiger partial charge in [0.05, 0.1) is 23.0 Å². The summed E-state index contributed by atoms with van der Waals surface area (Å²) in [4.78, 5) is 7.99. The van der Waals surface area contributed by atoms with Crippen LogP contribution in [-0.2, 0) is 0 Å². The Morgan fingerprint density at radius 2 is 1.86 bits per heavy atom. The second-order valence-electron chi connectivity index (χ2n) is 6.60. The predicted octanol–water partition coefficient (Wildman–Crippen LogP) is 7.72. The molecule has 146 valence electrons. The van der Waals surface area contributed by atoms with E-state index in [4.69, 9.17) is 0 Å². The smallest absolute Gasteiger partial charge is 0.354 e. The molecular formula is C22H15F3N2S2. The standard InChI is InChI=1S/C22H15F3N2S2/c23-22(24,25)12-17(19-7-4-10-29-19)20-16-9-8-15(26-13-28)11-18(16)27-21(20)14-5-2-1-3-6-14/h1-11,17,27H,12H2. The molecule has 1 N–H and O–H groups in total. The number of H-pyrrole nitrogens is 1. The molecule has 7 heteroatoms. The van der Waals surface area contributed by atoms with Gasteiger partial charge in [-0.15, -0.1) is 11.3 Å². The Kier molecular flexibility index (Phi) is 5.37. The van der Waals surface area contributed by atoms with Gasteiger partial charge in [0.15, 0.2) is 0 Å². The van der Waals surface area contributed by atoms with E-state index in [9.17, 15) is 13.2 Å². The molecule has 1 atom stereocenters. The summed E-state index contributed by atoms with van der Waals surface area (Å²) in [5.74, 6) is -0.807. The highest BCUT2D eigenvalue weighted by molar-refractivity contribution is 7.78. The van der Waals surface area contributed by atoms with Gasteiger partial charge in [-0.2, -0.15) is 18.2 Å². The molecule has 0 bridgehead atoms. The molecule has 2 heterocycles. The van der Waals surface area contributed by atoms with Crippen LogP contribution in [0.25, 0.3) is 22.2 Å². The monoisotopic (exact) mass is 428 g/mol. The first-order valence-electron chi connectivity index (χ1n) is 8.85. The zero-order chi connectivity index (χ0) is 20.4. The number of rotatable bonds is 5. The van der Waals surface area contributed by atoms with Gasteiger partial charge in [-0.1, -0.05) is 42.5 Å². The van der Waals surface area contributed by atoms with Gasteiger partial charge >= 0.3 is 6.18 Å². The van der Waals surface area contributed by atoms with Crippen LogP contribution in [-0.4, -0.2) is 16.3 Å². The molecule has 0 saturated carbocycles. The van der Waals surface area contributed by atoms with Gasteiger partial charge in [-0.3, -0.25) is 0 Å². The van der Waals surface area contributed by atoms with E-state index in [1.165, 1.54) is 11.3 Å². The third-order valence-electron chi connectivity index (χ3n) is 4.73. The Morgan fingerprint density at radius 1 is 1.07 bits per heavy atom. The van der Waals surface area contributed by atoms with Crippen LogP contribution in [0, 0.1) is 0 Å². The van der Waals surface area contributed by atoms with E-state index >= 15 is 0 Å². The van der Waals surface area contributed by atoms with E-state index in [0.717, 1.165) is 10.9 Å². The summed E-state index contributed by atoms with van der Waals surface area (Å²) >= 11 is 6.01. The fraction of sp³-hybridized carbons (Fsp3) is 0.136. The number of fused-ring (bicyclic) bond motifs is 1. The van der Waals surface area contributed by atoms with Crippen molar-refractivity contribution < 1.29 is 13.2 Å². The van der Waals surface area contributed by atoms with Crippen LogP contribution >= 0.6 is 23.6 Å². The maximum absolute atomic E-state index is 13.5. The van der Waals surface area contributed by atoms with E-state index in [-0.39, 0.29) is 0 Å². The van der Waals surface area contributed by atoms with Crippen LogP contribution in [0.5, 0.6) is 0 Å². The summed E-state index contributed by atoms with van der Waals surface area (Å²) in [6.07, 6.45) is -5.23. The molecular weight excluding hydrogens is 413 g/mol. The third kappa shape index (κ3) is 4.17. The van der Waals surface area contributed by atoms with E-state index in [1.807, 2.05) is 35.7 Å². The van der Waals surface area contributed by atoms with Crippen LogP contribution in [0.15, 0.2) is 71.0 Å². The van der Waals surface area contributed by atoms with Gasteiger partial charge in [-0.25, -0.2) is 0 Å². The number of benzene rings is 2. The lowest BCUT2D eigenvalue weighted by atomic mass is 9.89. The molecule has 0 aliphatic heterocycles. The maximum atomic E-state index is 13.5. The highest BCUT2D eigenvalue weighted by Crippen LogP contribution is 2.45. The van der Waals surface area contributed by atoms with Crippen molar-refractivity contribution >= 4 is 45.3 Å². The summed E-state index contributed by atoms with van der Waals surface area (Å²) in [6.45, 7) is 0. The molecule has 2 nitrogen and oxygen atoms in total. The van der Waals surface area contributed by atoms with Crippen molar-refractivity contribution in [2.24, 2.45) is 4.99 Å². The fourth-order valence-corrected chi connectivity index (χ4v) is 4.53. The van der Waals surface area contributed by atoms with Crippen LogP contribution in [0.2, 0.25) is 0 Å². The lowest BCUT2D eigenvalue weighted by Crippen LogP contribution is -2.14. The number of aromatic amines is 1. The average molecular weight is 429 g/mol. The van der Waals surface area contributed by atoms with E-state index in [2.05, 4.69) is 27.4 Å². The lowest BCUT2D eigenvalue weighted by Gasteiger charge is -2.19. The number of nitrogens with zero attached hydrogens (tertiary/aromatic N) is 1. The third-order valence-corrected chi connectivity index (χ3v) is 5.81. The Labute approximate surface area is 174 Å². The molecule has 0 spiro atoms. The van der Waals surface area contributed by atoms with Gasteiger partial charge in [0.1, 0.15) is 0 Å². The van der Waals surface area contributed by atoms with Crippen LogP contribution < -0.4 is 0 Å². The molecule has 4 rings (SSSR count). The predicted molar refractivity (Wildman–Crippen MR) is 115 cm³/mol. The SMILES string of the molecule is FC(F)(F)CC(c1cccs1)c1c(-c2ccccc2)[nH]c2cc(N=C=S)ccc12. The molecule has 0 aliphatic carbocycles. The molecule has 1 unspecified atom stereocenters. The Hall–Kier alpha value is -2.73. The minimum absolute atomic E-state index is 0.600. The minimum Gasteiger partial charge on any atom is -0.354 e. The van der Waals surface area contributed by atoms with Crippen LogP contribution in [0.1, 0.15) is 22.8 Å². The summed E-state index contributed by atoms with van der Waals surface area (Å²) < 4.78 is 40.6. The molecule has 29 heavy (non-hydrogen) atoms. The van der Waals surface area contributed by atoms with Gasteiger partial charge in [-0.05, 0) is 46.9 Å². The first kappa shape index (κ1) is 19.6. The molecule has 0 radical (unpaired) electrons. The van der Waals surface area contributed by atoms with Gasteiger partial charge in [0, 0.05) is 21.7 Å². The number of nitrogens with one attached hydrogen (secondary N) is 1. The van der Waals surface area contributed by atoms with Gasteiger partial charge < -0.3 is 4.98 Å². The van der Waals surface area contributed by atoms with Crippen molar-refractivity contribution in [2.75, 3.05) is 0 Å². The molecule has 0 saturated heterocycles. The summed E-state index contributed by atoms with van der Waals surface area (Å²) in [6, 6.07) is 18.3. The minimum atomic E-state index is -4.30. The van der Waals surface area contributed by atoms with Crippen molar-refractivity contribution in [3.05, 3.63) is 76.5 Å². The zero-order valence-corrected chi connectivity index (χ0v) is 16.7. The van der Waals surface area contributed by atoms with E-state index in [0.29, 0.717) is 27.3 Å². The largest absolute Gasteiger partial charge is 0.390 e. The number of alkyl halides is 3. The molecule has 4 aromatic rings. The van der Waals surface area contributed by atoms with Crippen molar-refractivity contribution in [3.63, 3.8) is 0 Å². The summed E-state index contributed by atoms with van der Waals surface area (Å²) in [7, 11) is 0.